The molecule has 2 aliphatic heterocycles. The van der Waals surface area contributed by atoms with Gasteiger partial charge in [-0.05, 0) is 69.3 Å². The van der Waals surface area contributed by atoms with Crippen LogP contribution >= 0.6 is 0 Å². The molecule has 1 N–H and O–H groups in total. The van der Waals surface area contributed by atoms with Gasteiger partial charge in [0, 0.05) is 37.3 Å². The summed E-state index contributed by atoms with van der Waals surface area (Å²) in [6.45, 7) is 5.09. The van der Waals surface area contributed by atoms with Gasteiger partial charge in [-0.15, -0.1) is 0 Å². The van der Waals surface area contributed by atoms with Crippen LogP contribution in [0.1, 0.15) is 51.0 Å². The number of nitrogens with one attached hydrogen (secondary N) is 1. The maximum Gasteiger partial charge on any atom is 0.240 e. The van der Waals surface area contributed by atoms with E-state index in [1.807, 2.05) is 4.90 Å². The van der Waals surface area contributed by atoms with Crippen molar-refractivity contribution in [2.24, 2.45) is 5.92 Å². The number of carbonyl (C=O) groups is 1. The van der Waals surface area contributed by atoms with Gasteiger partial charge in [-0.1, -0.05) is 12.8 Å². The Morgan fingerprint density at radius 2 is 1.96 bits per heavy atom. The van der Waals surface area contributed by atoms with Crippen LogP contribution in [0.25, 0.3) is 0 Å². The largest absolute Gasteiger partial charge is 0.312 e. The van der Waals surface area contributed by atoms with E-state index in [2.05, 4.69) is 16.5 Å². The zero-order valence-electron chi connectivity index (χ0n) is 16.7. The van der Waals surface area contributed by atoms with Gasteiger partial charge in [-0.3, -0.25) is 9.69 Å². The van der Waals surface area contributed by atoms with Crippen LogP contribution in [0.2, 0.25) is 0 Å². The molecule has 3 aliphatic rings. The SMILES string of the molecule is C[C@@H]1CCCCN1CCNS(=O)(=O)c1ccc2c(c1)CCN2C(=O)C1CCC1. The zero-order chi connectivity index (χ0) is 19.7. The normalized spacial score (nSPS) is 23.5. The number of likely N-dealkylation sites (tertiary alicyclic amines) is 1. The van der Waals surface area contributed by atoms with Crippen molar-refractivity contribution < 1.29 is 13.2 Å². The third-order valence-corrected chi connectivity index (χ3v) is 8.07. The lowest BCUT2D eigenvalue weighted by Gasteiger charge is -2.33. The van der Waals surface area contributed by atoms with Gasteiger partial charge >= 0.3 is 0 Å². The third kappa shape index (κ3) is 3.98. The van der Waals surface area contributed by atoms with Gasteiger partial charge in [0.15, 0.2) is 0 Å². The van der Waals surface area contributed by atoms with E-state index in [-0.39, 0.29) is 11.8 Å². The van der Waals surface area contributed by atoms with Gasteiger partial charge in [0.05, 0.1) is 4.90 Å². The summed E-state index contributed by atoms with van der Waals surface area (Å²) in [5.41, 5.74) is 1.85. The minimum absolute atomic E-state index is 0.160. The standard InChI is InChI=1S/C21H31N3O3S/c1-16-5-2-3-12-23(16)14-11-22-28(26,27)19-8-9-20-18(15-19)10-13-24(20)21(25)17-6-4-7-17/h8-9,15-17,22H,2-7,10-14H2,1H3/t16-/m1/s1. The Morgan fingerprint density at radius 1 is 1.14 bits per heavy atom. The van der Waals surface area contributed by atoms with Crippen molar-refractivity contribution in [2.45, 2.75) is 62.8 Å². The predicted octanol–water partition coefficient (Wildman–Crippen LogP) is 2.53. The van der Waals surface area contributed by atoms with Crippen molar-refractivity contribution in [2.75, 3.05) is 31.1 Å². The number of hydrogen-bond donors (Lipinski definition) is 1. The summed E-state index contributed by atoms with van der Waals surface area (Å²) in [5, 5.41) is 0. The Hall–Kier alpha value is -1.44. The number of fused-ring (bicyclic) bond motifs is 1. The third-order valence-electron chi connectivity index (χ3n) is 6.61. The maximum absolute atomic E-state index is 12.7. The summed E-state index contributed by atoms with van der Waals surface area (Å²) >= 11 is 0. The predicted molar refractivity (Wildman–Crippen MR) is 110 cm³/mol. The summed E-state index contributed by atoms with van der Waals surface area (Å²) in [7, 11) is -3.53. The molecule has 1 aromatic carbocycles. The molecule has 4 rings (SSSR count). The fraction of sp³-hybridized carbons (Fsp3) is 0.667. The fourth-order valence-electron chi connectivity index (χ4n) is 4.55. The smallest absolute Gasteiger partial charge is 0.240 e. The molecule has 1 saturated carbocycles. The molecule has 0 radical (unpaired) electrons. The van der Waals surface area contributed by atoms with E-state index in [4.69, 9.17) is 0 Å². The van der Waals surface area contributed by atoms with Crippen LogP contribution in [0, 0.1) is 5.92 Å². The number of rotatable bonds is 6. The van der Waals surface area contributed by atoms with Crippen molar-refractivity contribution in [3.8, 4) is 0 Å². The van der Waals surface area contributed by atoms with Crippen molar-refractivity contribution in [3.05, 3.63) is 23.8 Å². The Morgan fingerprint density at radius 3 is 2.68 bits per heavy atom. The number of carbonyl (C=O) groups excluding carboxylic acids is 1. The summed E-state index contributed by atoms with van der Waals surface area (Å²) in [6.07, 6.45) is 7.47. The number of amides is 1. The Kier molecular flexibility index (Phi) is 5.76. The first-order chi connectivity index (χ1) is 13.5. The summed E-state index contributed by atoms with van der Waals surface area (Å²) < 4.78 is 28.2. The minimum Gasteiger partial charge on any atom is -0.312 e. The molecule has 2 heterocycles. The minimum atomic E-state index is -3.53. The number of piperidine rings is 1. The highest BCUT2D eigenvalue weighted by molar-refractivity contribution is 7.89. The van der Waals surface area contributed by atoms with E-state index in [9.17, 15) is 13.2 Å². The lowest BCUT2D eigenvalue weighted by molar-refractivity contribution is -0.124. The first-order valence-corrected chi connectivity index (χ1v) is 12.1. The molecule has 1 aliphatic carbocycles. The van der Waals surface area contributed by atoms with Gasteiger partial charge in [0.1, 0.15) is 0 Å². The molecule has 0 unspecified atom stereocenters. The molecule has 7 heteroatoms. The van der Waals surface area contributed by atoms with Crippen LogP contribution < -0.4 is 9.62 Å². The number of sulfonamides is 1. The molecule has 1 saturated heterocycles. The van der Waals surface area contributed by atoms with Gasteiger partial charge in [0.2, 0.25) is 15.9 Å². The van der Waals surface area contributed by atoms with Crippen LogP contribution in [0.5, 0.6) is 0 Å². The molecular weight excluding hydrogens is 374 g/mol. The molecule has 0 bridgehead atoms. The lowest BCUT2D eigenvalue weighted by atomic mass is 9.84. The van der Waals surface area contributed by atoms with Crippen molar-refractivity contribution in [3.63, 3.8) is 0 Å². The molecular formula is C21H31N3O3S. The molecule has 0 aromatic heterocycles. The van der Waals surface area contributed by atoms with E-state index in [0.717, 1.165) is 50.0 Å². The second-order valence-electron chi connectivity index (χ2n) is 8.44. The maximum atomic E-state index is 12.7. The Labute approximate surface area is 168 Å². The number of anilines is 1. The van der Waals surface area contributed by atoms with Gasteiger partial charge < -0.3 is 4.90 Å². The van der Waals surface area contributed by atoms with Gasteiger partial charge in [0.25, 0.3) is 0 Å². The lowest BCUT2D eigenvalue weighted by Crippen LogP contribution is -2.42. The topological polar surface area (TPSA) is 69.7 Å². The first-order valence-electron chi connectivity index (χ1n) is 10.6. The van der Waals surface area contributed by atoms with E-state index >= 15 is 0 Å². The Bertz CT molecular complexity index is 835. The van der Waals surface area contributed by atoms with E-state index in [1.54, 1.807) is 18.2 Å². The first kappa shape index (κ1) is 19.9. The van der Waals surface area contributed by atoms with Crippen LogP contribution in [-0.4, -0.2) is 51.4 Å². The molecule has 1 atom stereocenters. The van der Waals surface area contributed by atoms with Crippen LogP contribution in [0.15, 0.2) is 23.1 Å². The molecule has 0 spiro atoms. The van der Waals surface area contributed by atoms with E-state index in [0.29, 0.717) is 24.0 Å². The highest BCUT2D eigenvalue weighted by Crippen LogP contribution is 2.35. The number of benzene rings is 1. The van der Waals surface area contributed by atoms with Crippen LogP contribution in [-0.2, 0) is 21.2 Å². The van der Waals surface area contributed by atoms with Crippen molar-refractivity contribution in [1.29, 1.82) is 0 Å². The molecule has 1 aromatic rings. The monoisotopic (exact) mass is 405 g/mol. The van der Waals surface area contributed by atoms with E-state index in [1.165, 1.54) is 19.3 Å². The van der Waals surface area contributed by atoms with Crippen molar-refractivity contribution >= 4 is 21.6 Å². The molecule has 2 fully saturated rings. The number of nitrogens with zero attached hydrogens (tertiary/aromatic N) is 2. The average Bonchev–Trinajstić information content (AvgIpc) is 3.05. The fourth-order valence-corrected chi connectivity index (χ4v) is 5.62. The molecule has 6 nitrogen and oxygen atoms in total. The zero-order valence-corrected chi connectivity index (χ0v) is 17.5. The quantitative estimate of drug-likeness (QED) is 0.790. The second-order valence-corrected chi connectivity index (χ2v) is 10.2. The average molecular weight is 406 g/mol. The molecule has 28 heavy (non-hydrogen) atoms. The molecule has 154 valence electrons. The highest BCUT2D eigenvalue weighted by atomic mass is 32.2. The van der Waals surface area contributed by atoms with Crippen molar-refractivity contribution in [1.82, 2.24) is 9.62 Å². The summed E-state index contributed by atoms with van der Waals surface area (Å²) in [4.78, 5) is 17.1. The highest BCUT2D eigenvalue weighted by Gasteiger charge is 2.33. The van der Waals surface area contributed by atoms with Crippen LogP contribution in [0.4, 0.5) is 5.69 Å². The summed E-state index contributed by atoms with van der Waals surface area (Å²) in [5.74, 6) is 0.364. The van der Waals surface area contributed by atoms with Gasteiger partial charge in [-0.25, -0.2) is 13.1 Å². The molecule has 1 amide bonds. The van der Waals surface area contributed by atoms with E-state index < -0.39 is 10.0 Å². The summed E-state index contributed by atoms with van der Waals surface area (Å²) in [6, 6.07) is 5.71. The van der Waals surface area contributed by atoms with Crippen LogP contribution in [0.3, 0.4) is 0 Å². The Balaban J connectivity index is 1.39. The van der Waals surface area contributed by atoms with Gasteiger partial charge in [-0.2, -0.15) is 0 Å². The number of hydrogen-bond acceptors (Lipinski definition) is 4. The second kappa shape index (κ2) is 8.13.